The van der Waals surface area contributed by atoms with E-state index in [0.717, 1.165) is 11.4 Å². The molecule has 0 rings (SSSR count). The van der Waals surface area contributed by atoms with Crippen molar-refractivity contribution >= 4 is 0 Å². The standard InChI is InChI=1S/C11H15N/c1-5-8-10(4)12-11(7-3)9-6-2/h5-9,12H,1-3H2,4H3/b10-8+,11-9+. The molecule has 0 saturated carbocycles. The van der Waals surface area contributed by atoms with Gasteiger partial charge in [-0.25, -0.2) is 0 Å². The predicted octanol–water partition coefficient (Wildman–Crippen LogP) is 2.92. The lowest BCUT2D eigenvalue weighted by Gasteiger charge is -2.05. The van der Waals surface area contributed by atoms with Crippen LogP contribution in [0.25, 0.3) is 0 Å². The van der Waals surface area contributed by atoms with Crippen LogP contribution in [0.5, 0.6) is 0 Å². The van der Waals surface area contributed by atoms with E-state index in [4.69, 9.17) is 0 Å². The van der Waals surface area contributed by atoms with Gasteiger partial charge in [0.1, 0.15) is 0 Å². The summed E-state index contributed by atoms with van der Waals surface area (Å²) in [7, 11) is 0. The van der Waals surface area contributed by atoms with Crippen molar-refractivity contribution in [2.45, 2.75) is 6.92 Å². The van der Waals surface area contributed by atoms with E-state index in [1.165, 1.54) is 0 Å². The fraction of sp³-hybridized carbons (Fsp3) is 0.0909. The molecule has 0 aliphatic heterocycles. The molecule has 0 aromatic heterocycles. The van der Waals surface area contributed by atoms with Gasteiger partial charge in [-0.1, -0.05) is 31.9 Å². The van der Waals surface area contributed by atoms with Gasteiger partial charge >= 0.3 is 0 Å². The highest BCUT2D eigenvalue weighted by atomic mass is 14.9. The Kier molecular flexibility index (Phi) is 5.45. The first-order chi connectivity index (χ1) is 5.74. The largest absolute Gasteiger partial charge is 0.359 e. The average Bonchev–Trinajstić information content (AvgIpc) is 2.04. The maximum absolute atomic E-state index is 3.66. The smallest absolute Gasteiger partial charge is 0.0375 e. The zero-order chi connectivity index (χ0) is 9.40. The Morgan fingerprint density at radius 2 is 1.67 bits per heavy atom. The number of nitrogens with one attached hydrogen (secondary N) is 1. The quantitative estimate of drug-likeness (QED) is 0.611. The van der Waals surface area contributed by atoms with Crippen LogP contribution < -0.4 is 5.32 Å². The molecule has 64 valence electrons. The average molecular weight is 161 g/mol. The van der Waals surface area contributed by atoms with Crippen molar-refractivity contribution in [2.24, 2.45) is 0 Å². The first-order valence-electron chi connectivity index (χ1n) is 3.76. The Morgan fingerprint density at radius 1 is 1.08 bits per heavy atom. The van der Waals surface area contributed by atoms with E-state index in [1.54, 1.807) is 18.2 Å². The molecule has 0 bridgehead atoms. The summed E-state index contributed by atoms with van der Waals surface area (Å²) in [6, 6.07) is 0. The van der Waals surface area contributed by atoms with Crippen molar-refractivity contribution < 1.29 is 0 Å². The first-order valence-corrected chi connectivity index (χ1v) is 3.76. The molecular formula is C11H15N. The normalized spacial score (nSPS) is 12.1. The van der Waals surface area contributed by atoms with E-state index in [1.807, 2.05) is 19.1 Å². The summed E-state index contributed by atoms with van der Waals surface area (Å²) in [6.07, 6.45) is 8.93. The molecule has 0 saturated heterocycles. The molecule has 0 amide bonds. The Bertz CT molecular complexity index is 231. The van der Waals surface area contributed by atoms with Gasteiger partial charge in [0.25, 0.3) is 0 Å². The van der Waals surface area contributed by atoms with Crippen LogP contribution in [-0.2, 0) is 0 Å². The van der Waals surface area contributed by atoms with E-state index in [9.17, 15) is 0 Å². The van der Waals surface area contributed by atoms with Gasteiger partial charge in [-0.15, -0.1) is 0 Å². The van der Waals surface area contributed by atoms with Gasteiger partial charge in [-0.2, -0.15) is 0 Å². The maximum Gasteiger partial charge on any atom is 0.0375 e. The number of hydrogen-bond acceptors (Lipinski definition) is 1. The van der Waals surface area contributed by atoms with E-state index >= 15 is 0 Å². The minimum Gasteiger partial charge on any atom is -0.359 e. The molecule has 0 spiro atoms. The third kappa shape index (κ3) is 4.34. The van der Waals surface area contributed by atoms with Gasteiger partial charge in [0, 0.05) is 11.4 Å². The van der Waals surface area contributed by atoms with E-state index < -0.39 is 0 Å². The van der Waals surface area contributed by atoms with Crippen LogP contribution in [0, 0.1) is 0 Å². The molecule has 0 aliphatic carbocycles. The number of rotatable bonds is 5. The summed E-state index contributed by atoms with van der Waals surface area (Å²) >= 11 is 0. The molecular weight excluding hydrogens is 146 g/mol. The molecule has 0 aliphatic rings. The molecule has 1 N–H and O–H groups in total. The molecule has 0 aromatic carbocycles. The molecule has 1 heteroatoms. The molecule has 0 aromatic rings. The number of allylic oxidation sites excluding steroid dienone is 6. The van der Waals surface area contributed by atoms with Gasteiger partial charge < -0.3 is 5.32 Å². The van der Waals surface area contributed by atoms with Crippen molar-refractivity contribution in [1.29, 1.82) is 0 Å². The lowest BCUT2D eigenvalue weighted by Crippen LogP contribution is -2.07. The Balaban J connectivity index is 4.30. The lowest BCUT2D eigenvalue weighted by atomic mass is 10.3. The van der Waals surface area contributed by atoms with Crippen molar-refractivity contribution in [3.8, 4) is 0 Å². The van der Waals surface area contributed by atoms with Crippen LogP contribution in [0.4, 0.5) is 0 Å². The van der Waals surface area contributed by atoms with Crippen molar-refractivity contribution in [3.05, 3.63) is 61.5 Å². The van der Waals surface area contributed by atoms with E-state index in [0.29, 0.717) is 0 Å². The predicted molar refractivity (Wildman–Crippen MR) is 55.6 cm³/mol. The molecule has 0 radical (unpaired) electrons. The highest BCUT2D eigenvalue weighted by Crippen LogP contribution is 1.96. The fourth-order valence-electron chi connectivity index (χ4n) is 0.734. The van der Waals surface area contributed by atoms with Crippen molar-refractivity contribution in [3.63, 3.8) is 0 Å². The zero-order valence-corrected chi connectivity index (χ0v) is 7.51. The van der Waals surface area contributed by atoms with Crippen LogP contribution in [0.3, 0.4) is 0 Å². The molecule has 0 unspecified atom stereocenters. The molecule has 1 nitrogen and oxygen atoms in total. The Morgan fingerprint density at radius 3 is 2.08 bits per heavy atom. The highest BCUT2D eigenvalue weighted by molar-refractivity contribution is 5.24. The van der Waals surface area contributed by atoms with Crippen LogP contribution >= 0.6 is 0 Å². The van der Waals surface area contributed by atoms with E-state index in [-0.39, 0.29) is 0 Å². The van der Waals surface area contributed by atoms with Crippen LogP contribution in [0.1, 0.15) is 6.92 Å². The van der Waals surface area contributed by atoms with E-state index in [2.05, 4.69) is 25.1 Å². The van der Waals surface area contributed by atoms with Crippen LogP contribution in [0.15, 0.2) is 61.5 Å². The van der Waals surface area contributed by atoms with Gasteiger partial charge in [0.2, 0.25) is 0 Å². The second kappa shape index (κ2) is 6.23. The monoisotopic (exact) mass is 161 g/mol. The summed E-state index contributed by atoms with van der Waals surface area (Å²) in [6.45, 7) is 12.8. The lowest BCUT2D eigenvalue weighted by molar-refractivity contribution is 1.00. The fourth-order valence-corrected chi connectivity index (χ4v) is 0.734. The molecule has 12 heavy (non-hydrogen) atoms. The maximum atomic E-state index is 3.66. The third-order valence-electron chi connectivity index (χ3n) is 1.23. The third-order valence-corrected chi connectivity index (χ3v) is 1.23. The van der Waals surface area contributed by atoms with Gasteiger partial charge in [0.05, 0.1) is 0 Å². The second-order valence-corrected chi connectivity index (χ2v) is 2.27. The highest BCUT2D eigenvalue weighted by Gasteiger charge is 1.88. The topological polar surface area (TPSA) is 12.0 Å². The Labute approximate surface area is 74.5 Å². The Hall–Kier alpha value is -1.50. The summed E-state index contributed by atoms with van der Waals surface area (Å²) in [5.41, 5.74) is 1.96. The zero-order valence-electron chi connectivity index (χ0n) is 7.51. The minimum absolute atomic E-state index is 0.931. The minimum atomic E-state index is 0.931. The molecule has 0 heterocycles. The molecule has 0 atom stereocenters. The second-order valence-electron chi connectivity index (χ2n) is 2.27. The molecule has 0 fully saturated rings. The van der Waals surface area contributed by atoms with Gasteiger partial charge in [-0.3, -0.25) is 0 Å². The van der Waals surface area contributed by atoms with Gasteiger partial charge in [-0.05, 0) is 25.2 Å². The SMILES string of the molecule is C=C/C=C(\C)N/C(C=C)=C/C=C. The summed E-state index contributed by atoms with van der Waals surface area (Å²) in [5.74, 6) is 0. The van der Waals surface area contributed by atoms with Gasteiger partial charge in [0.15, 0.2) is 0 Å². The number of hydrogen-bond donors (Lipinski definition) is 1. The van der Waals surface area contributed by atoms with Crippen LogP contribution in [-0.4, -0.2) is 0 Å². The summed E-state index contributed by atoms with van der Waals surface area (Å²) in [4.78, 5) is 0. The van der Waals surface area contributed by atoms with Crippen molar-refractivity contribution in [1.82, 2.24) is 5.32 Å². The van der Waals surface area contributed by atoms with Crippen molar-refractivity contribution in [2.75, 3.05) is 0 Å². The summed E-state index contributed by atoms with van der Waals surface area (Å²) in [5, 5.41) is 3.13. The van der Waals surface area contributed by atoms with Crippen LogP contribution in [0.2, 0.25) is 0 Å². The first kappa shape index (κ1) is 10.5. The summed E-state index contributed by atoms with van der Waals surface area (Å²) < 4.78 is 0.